The van der Waals surface area contributed by atoms with Crippen LogP contribution in [0.4, 0.5) is 0 Å². The van der Waals surface area contributed by atoms with Gasteiger partial charge in [0.25, 0.3) is 0 Å². The van der Waals surface area contributed by atoms with Gasteiger partial charge in [0.1, 0.15) is 5.75 Å². The minimum atomic E-state index is 0.236. The average molecular weight is 303 g/mol. The van der Waals surface area contributed by atoms with Crippen molar-refractivity contribution in [1.82, 2.24) is 15.1 Å². The third-order valence-electron chi connectivity index (χ3n) is 4.58. The lowest BCUT2D eigenvalue weighted by molar-refractivity contribution is -0.136. The van der Waals surface area contributed by atoms with E-state index in [1.165, 1.54) is 6.42 Å². The Balaban J connectivity index is 1.52. The van der Waals surface area contributed by atoms with Gasteiger partial charge in [-0.3, -0.25) is 9.69 Å². The number of ether oxygens (including phenoxy) is 1. The van der Waals surface area contributed by atoms with Crippen molar-refractivity contribution in [3.63, 3.8) is 0 Å². The number of hydrogen-bond acceptors (Lipinski definition) is 4. The molecule has 0 unspecified atom stereocenters. The molecule has 1 atom stereocenters. The molecule has 2 saturated heterocycles. The first-order valence-corrected chi connectivity index (χ1v) is 8.08. The second-order valence-corrected chi connectivity index (χ2v) is 6.26. The van der Waals surface area contributed by atoms with E-state index in [0.29, 0.717) is 19.0 Å². The van der Waals surface area contributed by atoms with Crippen molar-refractivity contribution in [1.29, 1.82) is 0 Å². The van der Waals surface area contributed by atoms with E-state index >= 15 is 0 Å². The standard InChI is InChI=1S/C17H25N3O2/c1-22-16-4-2-3-14(9-16)12-20-8-7-19(13-17(20)21)11-15-5-6-18-10-15/h2-4,9,15,18H,5-8,10-13H2,1H3/t15-/m0/s1. The summed E-state index contributed by atoms with van der Waals surface area (Å²) in [5, 5.41) is 3.39. The van der Waals surface area contributed by atoms with Gasteiger partial charge in [-0.15, -0.1) is 0 Å². The van der Waals surface area contributed by atoms with Crippen LogP contribution in [-0.4, -0.2) is 62.1 Å². The Kier molecular flexibility index (Phi) is 4.95. The zero-order valence-electron chi connectivity index (χ0n) is 13.3. The van der Waals surface area contributed by atoms with Gasteiger partial charge in [0, 0.05) is 26.2 Å². The molecular weight excluding hydrogens is 278 g/mol. The monoisotopic (exact) mass is 303 g/mol. The minimum Gasteiger partial charge on any atom is -0.497 e. The highest BCUT2D eigenvalue weighted by molar-refractivity contribution is 5.79. The number of methoxy groups -OCH3 is 1. The molecule has 0 saturated carbocycles. The highest BCUT2D eigenvalue weighted by Crippen LogP contribution is 2.17. The number of hydrogen-bond donors (Lipinski definition) is 1. The predicted molar refractivity (Wildman–Crippen MR) is 85.8 cm³/mol. The fourth-order valence-electron chi connectivity index (χ4n) is 3.31. The highest BCUT2D eigenvalue weighted by Gasteiger charge is 2.26. The van der Waals surface area contributed by atoms with Crippen molar-refractivity contribution in [3.8, 4) is 5.75 Å². The Morgan fingerprint density at radius 3 is 3.00 bits per heavy atom. The zero-order valence-corrected chi connectivity index (χ0v) is 13.3. The van der Waals surface area contributed by atoms with Crippen molar-refractivity contribution in [2.45, 2.75) is 13.0 Å². The molecule has 2 aliphatic rings. The maximum Gasteiger partial charge on any atom is 0.237 e. The first kappa shape index (κ1) is 15.3. The van der Waals surface area contributed by atoms with Crippen LogP contribution in [0.15, 0.2) is 24.3 Å². The predicted octanol–water partition coefficient (Wildman–Crippen LogP) is 0.949. The third-order valence-corrected chi connectivity index (χ3v) is 4.58. The number of nitrogens with one attached hydrogen (secondary N) is 1. The summed E-state index contributed by atoms with van der Waals surface area (Å²) in [6, 6.07) is 7.96. The molecule has 1 amide bonds. The topological polar surface area (TPSA) is 44.8 Å². The van der Waals surface area contributed by atoms with Gasteiger partial charge in [0.15, 0.2) is 0 Å². The molecule has 3 rings (SSSR count). The van der Waals surface area contributed by atoms with Gasteiger partial charge in [-0.1, -0.05) is 12.1 Å². The Labute approximate surface area is 132 Å². The first-order chi connectivity index (χ1) is 10.7. The van der Waals surface area contributed by atoms with E-state index in [2.05, 4.69) is 10.2 Å². The number of carbonyl (C=O) groups excluding carboxylic acids is 1. The number of amides is 1. The quantitative estimate of drug-likeness (QED) is 0.880. The third kappa shape index (κ3) is 3.78. The van der Waals surface area contributed by atoms with Crippen LogP contribution < -0.4 is 10.1 Å². The van der Waals surface area contributed by atoms with Crippen molar-refractivity contribution in [2.75, 3.05) is 46.4 Å². The summed E-state index contributed by atoms with van der Waals surface area (Å²) in [5.41, 5.74) is 1.13. The molecule has 120 valence electrons. The number of nitrogens with zero attached hydrogens (tertiary/aromatic N) is 2. The molecular formula is C17H25N3O2. The Morgan fingerprint density at radius 2 is 2.27 bits per heavy atom. The summed E-state index contributed by atoms with van der Waals surface area (Å²) in [6.45, 7) is 6.29. The first-order valence-electron chi connectivity index (χ1n) is 8.08. The van der Waals surface area contributed by atoms with E-state index < -0.39 is 0 Å². The van der Waals surface area contributed by atoms with Gasteiger partial charge < -0.3 is 15.0 Å². The molecule has 1 N–H and O–H groups in total. The van der Waals surface area contributed by atoms with Gasteiger partial charge in [-0.05, 0) is 43.1 Å². The second-order valence-electron chi connectivity index (χ2n) is 6.26. The van der Waals surface area contributed by atoms with Gasteiger partial charge >= 0.3 is 0 Å². The van der Waals surface area contributed by atoms with Crippen LogP contribution in [-0.2, 0) is 11.3 Å². The molecule has 0 aliphatic carbocycles. The smallest absolute Gasteiger partial charge is 0.237 e. The van der Waals surface area contributed by atoms with Crippen molar-refractivity contribution < 1.29 is 9.53 Å². The van der Waals surface area contributed by atoms with Crippen molar-refractivity contribution in [2.24, 2.45) is 5.92 Å². The van der Waals surface area contributed by atoms with Gasteiger partial charge in [0.2, 0.25) is 5.91 Å². The molecule has 2 aliphatic heterocycles. The number of piperazine rings is 1. The summed E-state index contributed by atoms with van der Waals surface area (Å²) in [6.07, 6.45) is 1.23. The fourth-order valence-corrected chi connectivity index (χ4v) is 3.31. The zero-order chi connectivity index (χ0) is 15.4. The van der Waals surface area contributed by atoms with Crippen molar-refractivity contribution in [3.05, 3.63) is 29.8 Å². The maximum absolute atomic E-state index is 12.4. The van der Waals surface area contributed by atoms with E-state index in [0.717, 1.165) is 44.0 Å². The van der Waals surface area contributed by atoms with Crippen LogP contribution in [0.2, 0.25) is 0 Å². The molecule has 2 heterocycles. The molecule has 0 spiro atoms. The lowest BCUT2D eigenvalue weighted by Gasteiger charge is -2.35. The summed E-state index contributed by atoms with van der Waals surface area (Å²) >= 11 is 0. The van der Waals surface area contributed by atoms with Crippen LogP contribution in [0, 0.1) is 5.92 Å². The minimum absolute atomic E-state index is 0.236. The summed E-state index contributed by atoms with van der Waals surface area (Å²) in [7, 11) is 1.67. The van der Waals surface area contributed by atoms with E-state index in [9.17, 15) is 4.79 Å². The molecule has 5 nitrogen and oxygen atoms in total. The lowest BCUT2D eigenvalue weighted by Crippen LogP contribution is -2.51. The van der Waals surface area contributed by atoms with E-state index in [-0.39, 0.29) is 5.91 Å². The van der Waals surface area contributed by atoms with Gasteiger partial charge in [0.05, 0.1) is 13.7 Å². The molecule has 0 bridgehead atoms. The molecule has 2 fully saturated rings. The summed E-state index contributed by atoms with van der Waals surface area (Å²) < 4.78 is 5.24. The fraction of sp³-hybridized carbons (Fsp3) is 0.588. The number of rotatable bonds is 5. The maximum atomic E-state index is 12.4. The van der Waals surface area contributed by atoms with Crippen LogP contribution in [0.1, 0.15) is 12.0 Å². The molecule has 1 aromatic carbocycles. The van der Waals surface area contributed by atoms with Crippen LogP contribution in [0.5, 0.6) is 5.75 Å². The van der Waals surface area contributed by atoms with Crippen molar-refractivity contribution >= 4 is 5.91 Å². The molecule has 0 aromatic heterocycles. The van der Waals surface area contributed by atoms with Crippen LogP contribution in [0.25, 0.3) is 0 Å². The van der Waals surface area contributed by atoms with Gasteiger partial charge in [-0.2, -0.15) is 0 Å². The number of benzene rings is 1. The SMILES string of the molecule is COc1cccc(CN2CCN(C[C@H]3CCNC3)CC2=O)c1. The highest BCUT2D eigenvalue weighted by atomic mass is 16.5. The molecule has 0 radical (unpaired) electrons. The lowest BCUT2D eigenvalue weighted by atomic mass is 10.1. The molecule has 5 heteroatoms. The van der Waals surface area contributed by atoms with Crippen LogP contribution in [0.3, 0.4) is 0 Å². The Morgan fingerprint density at radius 1 is 1.36 bits per heavy atom. The summed E-state index contributed by atoms with van der Waals surface area (Å²) in [4.78, 5) is 16.6. The van der Waals surface area contributed by atoms with Crippen LogP contribution >= 0.6 is 0 Å². The van der Waals surface area contributed by atoms with Gasteiger partial charge in [-0.25, -0.2) is 0 Å². The summed E-state index contributed by atoms with van der Waals surface area (Å²) in [5.74, 6) is 1.79. The largest absolute Gasteiger partial charge is 0.497 e. The Bertz CT molecular complexity index is 514. The number of carbonyl (C=O) groups is 1. The average Bonchev–Trinajstić information content (AvgIpc) is 3.03. The second kappa shape index (κ2) is 7.11. The van der Waals surface area contributed by atoms with E-state index in [4.69, 9.17) is 4.74 Å². The normalized spacial score (nSPS) is 23.0. The molecule has 1 aromatic rings. The Hall–Kier alpha value is -1.59. The molecule has 22 heavy (non-hydrogen) atoms. The van der Waals surface area contributed by atoms with E-state index in [1.54, 1.807) is 7.11 Å². The van der Waals surface area contributed by atoms with E-state index in [1.807, 2.05) is 29.2 Å².